The second kappa shape index (κ2) is 11.9. The van der Waals surface area contributed by atoms with Gasteiger partial charge in [0, 0.05) is 32.8 Å². The molecule has 1 atom stereocenters. The van der Waals surface area contributed by atoms with Crippen LogP contribution in [-0.2, 0) is 14.3 Å². The Bertz CT molecular complexity index is 1100. The molecule has 0 unspecified atom stereocenters. The SMILES string of the molecule is Cc1ccc(-n2nc(C(=O)N3CCC4(CCCCOCCCNC(=O)[C@H](C)NC4=O)CC3)nc2C)cc1. The Hall–Kier alpha value is -3.27. The van der Waals surface area contributed by atoms with Gasteiger partial charge in [0.2, 0.25) is 17.6 Å². The molecule has 2 aliphatic heterocycles. The van der Waals surface area contributed by atoms with Gasteiger partial charge >= 0.3 is 0 Å². The third kappa shape index (κ3) is 6.36. The van der Waals surface area contributed by atoms with Gasteiger partial charge in [-0.3, -0.25) is 14.4 Å². The van der Waals surface area contributed by atoms with Crippen LogP contribution in [0.2, 0.25) is 0 Å². The van der Waals surface area contributed by atoms with E-state index < -0.39 is 11.5 Å². The van der Waals surface area contributed by atoms with E-state index >= 15 is 0 Å². The van der Waals surface area contributed by atoms with Gasteiger partial charge in [-0.15, -0.1) is 5.10 Å². The summed E-state index contributed by atoms with van der Waals surface area (Å²) in [5.41, 5.74) is 1.37. The van der Waals surface area contributed by atoms with E-state index in [2.05, 4.69) is 20.7 Å². The average Bonchev–Trinajstić information content (AvgIpc) is 3.28. The van der Waals surface area contributed by atoms with E-state index in [9.17, 15) is 14.4 Å². The van der Waals surface area contributed by atoms with Crippen LogP contribution in [0.5, 0.6) is 0 Å². The Kier molecular flexibility index (Phi) is 8.58. The van der Waals surface area contributed by atoms with Crippen molar-refractivity contribution < 1.29 is 19.1 Å². The number of ether oxygens (including phenoxy) is 1. The van der Waals surface area contributed by atoms with Crippen LogP contribution in [0.25, 0.3) is 5.69 Å². The number of amides is 3. The molecule has 10 heteroatoms. The molecule has 2 N–H and O–H groups in total. The minimum atomic E-state index is -0.625. The Morgan fingerprint density at radius 2 is 1.73 bits per heavy atom. The first-order valence-electron chi connectivity index (χ1n) is 13.3. The van der Waals surface area contributed by atoms with Gasteiger partial charge < -0.3 is 20.3 Å². The molecule has 10 nitrogen and oxygen atoms in total. The Morgan fingerprint density at radius 1 is 1.03 bits per heavy atom. The van der Waals surface area contributed by atoms with Crippen molar-refractivity contribution in [3.05, 3.63) is 41.5 Å². The summed E-state index contributed by atoms with van der Waals surface area (Å²) in [7, 11) is 0. The maximum Gasteiger partial charge on any atom is 0.293 e. The molecule has 4 rings (SSSR count). The number of nitrogens with zero attached hydrogens (tertiary/aromatic N) is 4. The summed E-state index contributed by atoms with van der Waals surface area (Å²) in [5.74, 6) is 0.260. The molecule has 2 saturated heterocycles. The van der Waals surface area contributed by atoms with Crippen molar-refractivity contribution in [3.8, 4) is 5.69 Å². The fourth-order valence-corrected chi connectivity index (χ4v) is 5.00. The van der Waals surface area contributed by atoms with E-state index in [0.717, 1.165) is 30.5 Å². The monoisotopic (exact) mass is 510 g/mol. The maximum atomic E-state index is 13.4. The number of rotatable bonds is 2. The number of carbonyl (C=O) groups is 3. The summed E-state index contributed by atoms with van der Waals surface area (Å²) in [6.45, 7) is 8.19. The first kappa shape index (κ1) is 26.8. The standard InChI is InChI=1S/C27H38N6O4/c1-19-7-9-22(10-8-19)33-21(3)30-23(31-33)25(35)32-15-12-27(13-16-32)11-4-5-17-37-18-6-14-28-24(34)20(2)29-26(27)36/h7-10,20H,4-6,11-18H2,1-3H3,(H,28,34)(H,29,36)/t20-/m0/s1. The Morgan fingerprint density at radius 3 is 2.46 bits per heavy atom. The molecule has 3 amide bonds. The van der Waals surface area contributed by atoms with Gasteiger partial charge in [-0.25, -0.2) is 9.67 Å². The molecule has 1 aromatic carbocycles. The van der Waals surface area contributed by atoms with Crippen molar-refractivity contribution in [1.29, 1.82) is 0 Å². The van der Waals surface area contributed by atoms with Crippen LogP contribution in [0, 0.1) is 19.3 Å². The number of carbonyl (C=O) groups excluding carboxylic acids is 3. The lowest BCUT2D eigenvalue weighted by Crippen LogP contribution is -2.54. The van der Waals surface area contributed by atoms with Gasteiger partial charge in [0.15, 0.2) is 0 Å². The molecule has 3 heterocycles. The van der Waals surface area contributed by atoms with E-state index in [1.807, 2.05) is 38.1 Å². The molecule has 2 aromatic rings. The summed E-state index contributed by atoms with van der Waals surface area (Å²) >= 11 is 0. The number of hydrogen-bond acceptors (Lipinski definition) is 6. The van der Waals surface area contributed by atoms with Gasteiger partial charge in [0.1, 0.15) is 11.9 Å². The number of benzene rings is 1. The van der Waals surface area contributed by atoms with E-state index in [1.165, 1.54) is 0 Å². The van der Waals surface area contributed by atoms with Crippen LogP contribution >= 0.6 is 0 Å². The number of aromatic nitrogens is 3. The molecule has 37 heavy (non-hydrogen) atoms. The Labute approximate surface area is 218 Å². The number of hydrogen-bond donors (Lipinski definition) is 2. The van der Waals surface area contributed by atoms with Gasteiger partial charge in [-0.2, -0.15) is 0 Å². The van der Waals surface area contributed by atoms with Gasteiger partial charge in [-0.1, -0.05) is 24.1 Å². The fourth-order valence-electron chi connectivity index (χ4n) is 5.00. The van der Waals surface area contributed by atoms with Crippen LogP contribution in [0.1, 0.15) is 67.5 Å². The Balaban J connectivity index is 1.44. The lowest BCUT2D eigenvalue weighted by atomic mass is 9.73. The minimum absolute atomic E-state index is 0.113. The van der Waals surface area contributed by atoms with Crippen molar-refractivity contribution in [3.63, 3.8) is 0 Å². The van der Waals surface area contributed by atoms with E-state index in [-0.39, 0.29) is 23.5 Å². The predicted molar refractivity (Wildman–Crippen MR) is 138 cm³/mol. The zero-order valence-electron chi connectivity index (χ0n) is 22.1. The summed E-state index contributed by atoms with van der Waals surface area (Å²) in [6, 6.07) is 7.28. The summed E-state index contributed by atoms with van der Waals surface area (Å²) in [6.07, 6.45) is 4.22. The molecule has 200 valence electrons. The molecule has 1 spiro atoms. The molecule has 2 fully saturated rings. The normalized spacial score (nSPS) is 21.7. The smallest absolute Gasteiger partial charge is 0.293 e. The topological polar surface area (TPSA) is 118 Å². The van der Waals surface area contributed by atoms with Gasteiger partial charge in [0.05, 0.1) is 11.1 Å². The maximum absolute atomic E-state index is 13.4. The molecule has 0 radical (unpaired) electrons. The first-order chi connectivity index (χ1) is 17.8. The molecule has 1 aromatic heterocycles. The number of nitrogens with one attached hydrogen (secondary N) is 2. The van der Waals surface area contributed by atoms with Crippen LogP contribution in [-0.4, -0.2) is 76.3 Å². The summed E-state index contributed by atoms with van der Waals surface area (Å²) in [5, 5.41) is 10.3. The number of likely N-dealkylation sites (tertiary alicyclic amines) is 1. The van der Waals surface area contributed by atoms with Gasteiger partial charge in [-0.05, 0) is 65.0 Å². The van der Waals surface area contributed by atoms with Crippen molar-refractivity contribution in [2.45, 2.75) is 65.3 Å². The summed E-state index contributed by atoms with van der Waals surface area (Å²) < 4.78 is 7.35. The lowest BCUT2D eigenvalue weighted by Gasteiger charge is -2.41. The zero-order valence-corrected chi connectivity index (χ0v) is 22.1. The van der Waals surface area contributed by atoms with Crippen molar-refractivity contribution in [2.75, 3.05) is 32.8 Å². The fraction of sp³-hybridized carbons (Fsp3) is 0.593. The second-order valence-corrected chi connectivity index (χ2v) is 10.2. The van der Waals surface area contributed by atoms with E-state index in [1.54, 1.807) is 16.5 Å². The van der Waals surface area contributed by atoms with Crippen LogP contribution in [0.15, 0.2) is 24.3 Å². The molecule has 2 aliphatic rings. The highest BCUT2D eigenvalue weighted by Gasteiger charge is 2.43. The largest absolute Gasteiger partial charge is 0.381 e. The van der Waals surface area contributed by atoms with E-state index in [4.69, 9.17) is 4.74 Å². The van der Waals surface area contributed by atoms with Crippen molar-refractivity contribution in [1.82, 2.24) is 30.3 Å². The van der Waals surface area contributed by atoms with Crippen LogP contribution in [0.4, 0.5) is 0 Å². The van der Waals surface area contributed by atoms with Crippen LogP contribution < -0.4 is 10.6 Å². The van der Waals surface area contributed by atoms with Crippen molar-refractivity contribution in [2.24, 2.45) is 5.41 Å². The summed E-state index contributed by atoms with van der Waals surface area (Å²) in [4.78, 5) is 45.3. The average molecular weight is 511 g/mol. The third-order valence-electron chi connectivity index (χ3n) is 7.43. The van der Waals surface area contributed by atoms with E-state index in [0.29, 0.717) is 57.9 Å². The lowest BCUT2D eigenvalue weighted by molar-refractivity contribution is -0.137. The number of aryl methyl sites for hydroxylation is 2. The minimum Gasteiger partial charge on any atom is -0.381 e. The van der Waals surface area contributed by atoms with Crippen LogP contribution in [0.3, 0.4) is 0 Å². The second-order valence-electron chi connectivity index (χ2n) is 10.2. The molecular formula is C27H38N6O4. The third-order valence-corrected chi connectivity index (χ3v) is 7.43. The van der Waals surface area contributed by atoms with Gasteiger partial charge in [0.25, 0.3) is 5.91 Å². The molecular weight excluding hydrogens is 472 g/mol. The number of piperidine rings is 1. The zero-order chi connectivity index (χ0) is 26.4. The molecule has 0 saturated carbocycles. The quantitative estimate of drug-likeness (QED) is 0.640. The highest BCUT2D eigenvalue weighted by Crippen LogP contribution is 2.37. The van der Waals surface area contributed by atoms with Crippen molar-refractivity contribution >= 4 is 17.7 Å². The molecule has 0 bridgehead atoms. The highest BCUT2D eigenvalue weighted by atomic mass is 16.5. The first-order valence-corrected chi connectivity index (χ1v) is 13.3. The predicted octanol–water partition coefficient (Wildman–Crippen LogP) is 2.32. The highest BCUT2D eigenvalue weighted by molar-refractivity contribution is 5.92. The molecule has 0 aliphatic carbocycles.